The molecular weight excluding hydrogens is 260 g/mol. The molecule has 1 saturated heterocycles. The smallest absolute Gasteiger partial charge is 0.237 e. The summed E-state index contributed by atoms with van der Waals surface area (Å²) in [6, 6.07) is -0.202. The maximum absolute atomic E-state index is 9.89. The zero-order valence-corrected chi connectivity index (χ0v) is 10.8. The van der Waals surface area contributed by atoms with Crippen LogP contribution in [0.25, 0.3) is 0 Å². The monoisotopic (exact) mass is 276 g/mol. The second-order valence-electron chi connectivity index (χ2n) is 5.35. The Kier molecular flexibility index (Phi) is 2.50. The van der Waals surface area contributed by atoms with Gasteiger partial charge in [-0.25, -0.2) is 4.99 Å². The van der Waals surface area contributed by atoms with Crippen LogP contribution < -0.4 is 5.32 Å². The van der Waals surface area contributed by atoms with Crippen molar-refractivity contribution in [1.82, 2.24) is 10.2 Å². The minimum Gasteiger partial charge on any atom is -0.394 e. The average Bonchev–Trinajstić information content (AvgIpc) is 3.13. The topological polar surface area (TPSA) is 89.7 Å². The summed E-state index contributed by atoms with van der Waals surface area (Å²) >= 11 is 0. The molecule has 5 atom stereocenters. The number of aliphatic hydroxyl groups is 2. The van der Waals surface area contributed by atoms with Crippen molar-refractivity contribution in [3.63, 3.8) is 0 Å². The van der Waals surface area contributed by atoms with E-state index in [1.54, 1.807) is 12.6 Å². The third-order valence-electron chi connectivity index (χ3n) is 4.27. The first-order chi connectivity index (χ1) is 9.74. The van der Waals surface area contributed by atoms with E-state index in [0.717, 1.165) is 5.57 Å². The molecule has 106 valence electrons. The summed E-state index contributed by atoms with van der Waals surface area (Å²) in [5.74, 6) is -0.613. The maximum Gasteiger partial charge on any atom is 0.237 e. The van der Waals surface area contributed by atoms with Crippen molar-refractivity contribution in [1.29, 1.82) is 0 Å². The predicted molar refractivity (Wildman–Crippen MR) is 72.1 cm³/mol. The summed E-state index contributed by atoms with van der Waals surface area (Å²) in [5, 5.41) is 22.3. The Balaban J connectivity index is 1.64. The number of rotatable bonds is 2. The van der Waals surface area contributed by atoms with Gasteiger partial charge in [-0.15, -0.1) is 0 Å². The molecule has 0 aliphatic carbocycles. The Labute approximate surface area is 116 Å². The van der Waals surface area contributed by atoms with E-state index in [1.807, 2.05) is 23.4 Å². The fourth-order valence-corrected chi connectivity index (χ4v) is 3.24. The molecule has 0 radical (unpaired) electrons. The van der Waals surface area contributed by atoms with Gasteiger partial charge in [0, 0.05) is 30.6 Å². The minimum absolute atomic E-state index is 0.180. The molecule has 4 heterocycles. The van der Waals surface area contributed by atoms with Crippen molar-refractivity contribution in [2.45, 2.75) is 36.6 Å². The van der Waals surface area contributed by atoms with Gasteiger partial charge in [-0.1, -0.05) is 0 Å². The van der Waals surface area contributed by atoms with Crippen LogP contribution in [-0.4, -0.2) is 64.4 Å². The Morgan fingerprint density at radius 1 is 1.55 bits per heavy atom. The van der Waals surface area contributed by atoms with Gasteiger partial charge in [0.2, 0.25) is 5.79 Å². The minimum atomic E-state index is -0.647. The van der Waals surface area contributed by atoms with Gasteiger partial charge in [0.15, 0.2) is 0 Å². The Morgan fingerprint density at radius 3 is 3.25 bits per heavy atom. The van der Waals surface area contributed by atoms with Crippen molar-refractivity contribution in [2.24, 2.45) is 9.98 Å². The zero-order chi connectivity index (χ0) is 13.7. The van der Waals surface area contributed by atoms with Crippen LogP contribution in [0.1, 0.15) is 6.42 Å². The van der Waals surface area contributed by atoms with Gasteiger partial charge < -0.3 is 20.3 Å². The largest absolute Gasteiger partial charge is 0.394 e. The highest BCUT2D eigenvalue weighted by Crippen LogP contribution is 2.40. The molecule has 0 bridgehead atoms. The lowest BCUT2D eigenvalue weighted by Gasteiger charge is -2.40. The normalized spacial score (nSPS) is 44.5. The number of hydrogen-bond donors (Lipinski definition) is 3. The molecule has 4 aliphatic heterocycles. The fourth-order valence-electron chi connectivity index (χ4n) is 3.24. The van der Waals surface area contributed by atoms with Crippen molar-refractivity contribution in [2.75, 3.05) is 6.61 Å². The first-order valence-electron chi connectivity index (χ1n) is 6.71. The molecule has 0 amide bonds. The summed E-state index contributed by atoms with van der Waals surface area (Å²) in [7, 11) is 0. The van der Waals surface area contributed by atoms with Gasteiger partial charge in [0.1, 0.15) is 12.1 Å². The highest BCUT2D eigenvalue weighted by atomic mass is 16.5. The predicted octanol–water partition coefficient (Wildman–Crippen LogP) is -1.05. The first kappa shape index (κ1) is 12.1. The molecule has 7 heteroatoms. The summed E-state index contributed by atoms with van der Waals surface area (Å²) in [5.41, 5.74) is 1.00. The van der Waals surface area contributed by atoms with E-state index in [1.165, 1.54) is 0 Å². The van der Waals surface area contributed by atoms with E-state index >= 15 is 0 Å². The molecule has 20 heavy (non-hydrogen) atoms. The lowest BCUT2D eigenvalue weighted by molar-refractivity contribution is -0.0270. The molecule has 1 fully saturated rings. The van der Waals surface area contributed by atoms with Crippen LogP contribution in [0.5, 0.6) is 0 Å². The highest BCUT2D eigenvalue weighted by Gasteiger charge is 2.51. The molecule has 0 saturated carbocycles. The Bertz CT molecular complexity index is 544. The van der Waals surface area contributed by atoms with Gasteiger partial charge in [-0.2, -0.15) is 0 Å². The molecule has 0 aromatic heterocycles. The van der Waals surface area contributed by atoms with Crippen LogP contribution in [0.3, 0.4) is 0 Å². The third-order valence-corrected chi connectivity index (χ3v) is 4.27. The fraction of sp³-hybridized carbons (Fsp3) is 0.538. The molecule has 3 N–H and O–H groups in total. The van der Waals surface area contributed by atoms with E-state index in [9.17, 15) is 10.2 Å². The van der Waals surface area contributed by atoms with Crippen molar-refractivity contribution >= 4 is 12.6 Å². The van der Waals surface area contributed by atoms with Crippen molar-refractivity contribution in [3.05, 3.63) is 24.0 Å². The quantitative estimate of drug-likeness (QED) is 0.599. The molecule has 4 aliphatic rings. The SMILES string of the molecule is OC[C@H]1O[C@@H](C2N=CN3C=CNC34N=CC=C24)C[C@@H]1O. The van der Waals surface area contributed by atoms with Gasteiger partial charge in [0.25, 0.3) is 0 Å². The van der Waals surface area contributed by atoms with Crippen LogP contribution in [0.15, 0.2) is 34.0 Å². The molecule has 0 aromatic rings. The van der Waals surface area contributed by atoms with E-state index < -0.39 is 18.0 Å². The van der Waals surface area contributed by atoms with E-state index in [0.29, 0.717) is 6.42 Å². The van der Waals surface area contributed by atoms with Gasteiger partial charge in [-0.05, 0) is 6.08 Å². The molecule has 1 spiro atoms. The lowest BCUT2D eigenvalue weighted by Crippen LogP contribution is -2.56. The number of aliphatic hydroxyl groups excluding tert-OH is 2. The van der Waals surface area contributed by atoms with Gasteiger partial charge >= 0.3 is 0 Å². The van der Waals surface area contributed by atoms with E-state index in [-0.39, 0.29) is 18.8 Å². The second-order valence-corrected chi connectivity index (χ2v) is 5.35. The van der Waals surface area contributed by atoms with E-state index in [4.69, 9.17) is 4.74 Å². The van der Waals surface area contributed by atoms with Crippen LogP contribution >= 0.6 is 0 Å². The second kappa shape index (κ2) is 4.15. The third kappa shape index (κ3) is 1.45. The lowest BCUT2D eigenvalue weighted by atomic mass is 9.93. The Hall–Kier alpha value is -1.70. The molecule has 0 aromatic carbocycles. The average molecular weight is 276 g/mol. The van der Waals surface area contributed by atoms with Crippen LogP contribution in [0.4, 0.5) is 0 Å². The standard InChI is InChI=1S/C13H16N4O3/c18-6-11-9(19)5-10(20-11)12-8-1-2-15-13(8)16-3-4-17(13)7-14-12/h1-4,7,9-12,16,18-19H,5-6H2/t9-,10+,11+,12?,13?/m0/s1. The van der Waals surface area contributed by atoms with Crippen LogP contribution in [-0.2, 0) is 4.74 Å². The number of nitrogens with one attached hydrogen (secondary N) is 1. The maximum atomic E-state index is 9.89. The highest BCUT2D eigenvalue weighted by molar-refractivity contribution is 5.81. The van der Waals surface area contributed by atoms with Gasteiger partial charge in [-0.3, -0.25) is 9.89 Å². The molecular formula is C13H16N4O3. The summed E-state index contributed by atoms with van der Waals surface area (Å²) in [4.78, 5) is 11.0. The number of ether oxygens (including phenoxy) is 1. The van der Waals surface area contributed by atoms with E-state index in [2.05, 4.69) is 15.3 Å². The zero-order valence-electron chi connectivity index (χ0n) is 10.8. The number of nitrogens with zero attached hydrogens (tertiary/aromatic N) is 3. The molecule has 2 unspecified atom stereocenters. The van der Waals surface area contributed by atoms with Crippen molar-refractivity contribution in [3.8, 4) is 0 Å². The number of aliphatic imine (C=N–C) groups is 2. The summed E-state index contributed by atoms with van der Waals surface area (Å²) < 4.78 is 5.74. The summed E-state index contributed by atoms with van der Waals surface area (Å²) in [6.07, 6.45) is 8.22. The Morgan fingerprint density at radius 2 is 2.45 bits per heavy atom. The first-order valence-corrected chi connectivity index (χ1v) is 6.71. The number of hydrogen-bond acceptors (Lipinski definition) is 7. The van der Waals surface area contributed by atoms with Crippen molar-refractivity contribution < 1.29 is 14.9 Å². The molecule has 7 nitrogen and oxygen atoms in total. The number of allylic oxidation sites excluding steroid dienone is 1. The molecule has 4 rings (SSSR count). The summed E-state index contributed by atoms with van der Waals surface area (Å²) in [6.45, 7) is -0.180. The van der Waals surface area contributed by atoms with Crippen LogP contribution in [0, 0.1) is 0 Å². The van der Waals surface area contributed by atoms with Crippen LogP contribution in [0.2, 0.25) is 0 Å². The van der Waals surface area contributed by atoms with Gasteiger partial charge in [0.05, 0.1) is 25.2 Å².